The second kappa shape index (κ2) is 12.9. The van der Waals surface area contributed by atoms with Crippen molar-refractivity contribution in [3.8, 4) is 27.9 Å². The van der Waals surface area contributed by atoms with E-state index in [4.69, 9.17) is 13.3 Å². The molecule has 0 amide bonds. The van der Waals surface area contributed by atoms with E-state index in [1.807, 2.05) is 18.2 Å². The Balaban J connectivity index is 1.09. The summed E-state index contributed by atoms with van der Waals surface area (Å²) in [7, 11) is 0. The van der Waals surface area contributed by atoms with Gasteiger partial charge >= 0.3 is 0 Å². The Labute approximate surface area is 369 Å². The Morgan fingerprint density at radius 3 is 1.40 bits per heavy atom. The van der Waals surface area contributed by atoms with Gasteiger partial charge in [0, 0.05) is 70.7 Å². The summed E-state index contributed by atoms with van der Waals surface area (Å²) in [5.74, 6) is 0. The average molecular weight is 831 g/mol. The number of benzene rings is 10. The minimum absolute atomic E-state index is 0.759. The molecule has 5 aromatic heterocycles. The molecule has 10 aromatic carbocycles. The summed E-state index contributed by atoms with van der Waals surface area (Å²) in [6, 6.07) is 73.5. The Morgan fingerprint density at radius 1 is 0.277 bits per heavy atom. The summed E-state index contributed by atoms with van der Waals surface area (Å²) in [5, 5.41) is 11.3. The second-order valence-electron chi connectivity index (χ2n) is 17.2. The predicted octanol–water partition coefficient (Wildman–Crippen LogP) is 16.9. The number of furan rings is 2. The molecule has 15 aromatic rings. The van der Waals surface area contributed by atoms with Crippen molar-refractivity contribution in [3.63, 3.8) is 0 Å². The fourth-order valence-corrected chi connectivity index (χ4v) is 10.9. The van der Waals surface area contributed by atoms with Crippen molar-refractivity contribution in [2.45, 2.75) is 0 Å². The molecule has 0 aliphatic heterocycles. The maximum Gasteiger partial charge on any atom is 0.152 e. The van der Waals surface area contributed by atoms with Gasteiger partial charge in [0.25, 0.3) is 0 Å². The van der Waals surface area contributed by atoms with Crippen molar-refractivity contribution in [1.82, 2.24) is 8.97 Å². The van der Waals surface area contributed by atoms with Crippen LogP contribution >= 0.6 is 0 Å². The van der Waals surface area contributed by atoms with Gasteiger partial charge in [-0.15, -0.1) is 0 Å². The van der Waals surface area contributed by atoms with Gasteiger partial charge in [-0.25, -0.2) is 0 Å². The fraction of sp³-hybridized carbons (Fsp3) is 0. The number of para-hydroxylation sites is 7. The molecule has 302 valence electrons. The molecule has 0 aliphatic carbocycles. The largest absolute Gasteiger partial charge is 0.455 e. The normalized spacial score (nSPS) is 12.3. The number of aromatic nitrogens is 2. The maximum absolute atomic E-state index is 7.18. The first kappa shape index (κ1) is 34.7. The van der Waals surface area contributed by atoms with Gasteiger partial charge in [-0.1, -0.05) is 133 Å². The van der Waals surface area contributed by atoms with Gasteiger partial charge < -0.3 is 22.2 Å². The topological polar surface area (TPSA) is 48.8 Å². The number of fused-ring (bicyclic) bond motifs is 16. The maximum atomic E-state index is 7.18. The highest BCUT2D eigenvalue weighted by molar-refractivity contribution is 6.23. The van der Waals surface area contributed by atoms with E-state index < -0.39 is 0 Å². The quantitative estimate of drug-likeness (QED) is 0.178. The molecule has 0 aliphatic rings. The van der Waals surface area contributed by atoms with E-state index in [2.05, 4.69) is 197 Å². The van der Waals surface area contributed by atoms with Gasteiger partial charge in [0.1, 0.15) is 27.9 Å². The van der Waals surface area contributed by atoms with Gasteiger partial charge in [0.05, 0.1) is 27.6 Å². The molecule has 0 atom stereocenters. The van der Waals surface area contributed by atoms with Crippen molar-refractivity contribution in [2.24, 2.45) is 0 Å². The zero-order chi connectivity index (χ0) is 42.3. The van der Waals surface area contributed by atoms with Gasteiger partial charge in [0.15, 0.2) is 5.58 Å². The van der Waals surface area contributed by atoms with E-state index in [1.54, 1.807) is 0 Å². The monoisotopic (exact) mass is 830 g/mol. The first-order valence-corrected chi connectivity index (χ1v) is 22.1. The molecule has 0 N–H and O–H groups in total. The lowest BCUT2D eigenvalue weighted by molar-refractivity contribution is 0.661. The summed E-state index contributed by atoms with van der Waals surface area (Å²) >= 11 is 0. The zero-order valence-electron chi connectivity index (χ0n) is 34.7. The highest BCUT2D eigenvalue weighted by atomic mass is 16.3. The average Bonchev–Trinajstić information content (AvgIpc) is 4.11. The molecule has 0 fully saturated rings. The summed E-state index contributed by atoms with van der Waals surface area (Å²) in [5.41, 5.74) is 15.8. The molecule has 5 heterocycles. The van der Waals surface area contributed by atoms with Crippen LogP contribution in [0.25, 0.3) is 143 Å². The summed E-state index contributed by atoms with van der Waals surface area (Å²) in [4.78, 5) is 0. The van der Waals surface area contributed by atoms with Gasteiger partial charge in [-0.05, 0) is 83.9 Å². The number of nitrogens with zero attached hydrogens (tertiary/aromatic N) is 2. The Morgan fingerprint density at radius 2 is 0.769 bits per heavy atom. The molecular formula is C60H34N2O3. The van der Waals surface area contributed by atoms with Gasteiger partial charge in [-0.3, -0.25) is 0 Å². The van der Waals surface area contributed by atoms with Crippen LogP contribution in [0.4, 0.5) is 0 Å². The molecule has 0 spiro atoms. The molecule has 65 heavy (non-hydrogen) atoms. The number of hydrogen-bond acceptors (Lipinski definition) is 3. The number of rotatable bonds is 3. The number of hydrogen-bond donors (Lipinski definition) is 0. The van der Waals surface area contributed by atoms with E-state index in [0.717, 1.165) is 121 Å². The van der Waals surface area contributed by atoms with E-state index in [1.165, 1.54) is 21.8 Å². The van der Waals surface area contributed by atoms with Crippen LogP contribution in [0.2, 0.25) is 0 Å². The van der Waals surface area contributed by atoms with Crippen molar-refractivity contribution >= 4 is 115 Å². The Hall–Kier alpha value is -8.80. The minimum Gasteiger partial charge on any atom is -0.455 e. The molecule has 5 nitrogen and oxygen atoms in total. The predicted molar refractivity (Wildman–Crippen MR) is 268 cm³/mol. The van der Waals surface area contributed by atoms with Crippen LogP contribution in [0.3, 0.4) is 0 Å². The molecular weight excluding hydrogens is 797 g/mol. The van der Waals surface area contributed by atoms with E-state index >= 15 is 0 Å². The van der Waals surface area contributed by atoms with Gasteiger partial charge in [0.2, 0.25) is 0 Å². The van der Waals surface area contributed by atoms with Crippen LogP contribution in [-0.2, 0) is 0 Å². The van der Waals surface area contributed by atoms with Crippen LogP contribution in [0.1, 0.15) is 0 Å². The molecule has 0 saturated heterocycles. The Kier molecular flexibility index (Phi) is 6.89. The van der Waals surface area contributed by atoms with E-state index in [0.29, 0.717) is 0 Å². The molecule has 5 heteroatoms. The SMILES string of the molecule is c1ccc2c(c1)oc1c(-c3ccc4c(c3)oc3ccccc3c3cc(-c5cccc6c5oc5ccccc56)cc5c6cc(-n7c8ccccc8c8ccccc87)ccc6n4c35)cccc12. The molecule has 0 radical (unpaired) electrons. The smallest absolute Gasteiger partial charge is 0.152 e. The minimum atomic E-state index is 0.759. The van der Waals surface area contributed by atoms with Crippen molar-refractivity contribution < 1.29 is 13.3 Å². The fourth-order valence-electron chi connectivity index (χ4n) is 10.9. The lowest BCUT2D eigenvalue weighted by Crippen LogP contribution is -1.94. The van der Waals surface area contributed by atoms with Crippen LogP contribution in [0.15, 0.2) is 220 Å². The van der Waals surface area contributed by atoms with Crippen LogP contribution < -0.4 is 0 Å². The zero-order valence-corrected chi connectivity index (χ0v) is 34.7. The Bertz CT molecular complexity index is 4500. The highest BCUT2D eigenvalue weighted by Gasteiger charge is 2.22. The van der Waals surface area contributed by atoms with Crippen molar-refractivity contribution in [3.05, 3.63) is 206 Å². The molecule has 0 saturated carbocycles. The molecule has 0 bridgehead atoms. The van der Waals surface area contributed by atoms with Gasteiger partial charge in [-0.2, -0.15) is 0 Å². The highest BCUT2D eigenvalue weighted by Crippen LogP contribution is 2.45. The standard InChI is InChI=1S/C60H34N2O3/c1-6-22-50-40(13-1)41-14-2-7-23-51(41)61(50)37-28-30-52-47(34-37)49-32-36(39-19-12-21-46-43-16-4-10-26-56(43)65-60(39)46)31-48-44-17-5-8-24-54(44)63-57-33-35(27-29-53(57)62(52)58(48)49)38-18-11-20-45-42-15-3-9-25-55(42)64-59(38)45/h1-34H. The van der Waals surface area contributed by atoms with Crippen molar-refractivity contribution in [2.75, 3.05) is 0 Å². The molecule has 0 unspecified atom stereocenters. The summed E-state index contributed by atoms with van der Waals surface area (Å²) < 4.78 is 25.2. The molecule has 15 rings (SSSR count). The first-order chi connectivity index (χ1) is 32.2. The second-order valence-corrected chi connectivity index (χ2v) is 17.2. The lowest BCUT2D eigenvalue weighted by atomic mass is 9.97. The summed E-state index contributed by atoms with van der Waals surface area (Å²) in [6.07, 6.45) is 0. The van der Waals surface area contributed by atoms with Crippen molar-refractivity contribution in [1.29, 1.82) is 0 Å². The summed E-state index contributed by atoms with van der Waals surface area (Å²) in [6.45, 7) is 0. The lowest BCUT2D eigenvalue weighted by Gasteiger charge is -2.11. The van der Waals surface area contributed by atoms with E-state index in [-0.39, 0.29) is 0 Å². The third-order valence-electron chi connectivity index (χ3n) is 13.7. The third kappa shape index (κ3) is 4.81. The third-order valence-corrected chi connectivity index (χ3v) is 13.7. The van der Waals surface area contributed by atoms with Crippen LogP contribution in [0, 0.1) is 0 Å². The van der Waals surface area contributed by atoms with E-state index in [9.17, 15) is 0 Å². The first-order valence-electron chi connectivity index (χ1n) is 22.1. The van der Waals surface area contributed by atoms with Crippen LogP contribution in [-0.4, -0.2) is 8.97 Å². The van der Waals surface area contributed by atoms with Crippen LogP contribution in [0.5, 0.6) is 0 Å².